The van der Waals surface area contributed by atoms with E-state index < -0.39 is 147 Å². The lowest BCUT2D eigenvalue weighted by Gasteiger charge is -2.26. The molecule has 4 unspecified atom stereocenters. The minimum Gasteiger partial charge on any atom is -0.387 e. The van der Waals surface area contributed by atoms with Gasteiger partial charge in [0.15, 0.2) is 30.2 Å². The average molecular weight is 1200 g/mol. The van der Waals surface area contributed by atoms with Crippen LogP contribution in [0.5, 0.6) is 0 Å². The third-order valence-corrected chi connectivity index (χ3v) is 17.7. The molecule has 1 amide bonds. The first kappa shape index (κ1) is 60.0. The number of aromatic amines is 2. The number of unbranched alkanes of at least 4 members (excludes halogenated alkanes) is 1. The fraction of sp³-hybridized carbons (Fsp3) is 0.595. The Hall–Kier alpha value is -5.11. The number of hydrogen-bond acceptors (Lipinski definition) is 27. The van der Waals surface area contributed by atoms with E-state index in [-0.39, 0.29) is 47.1 Å². The van der Waals surface area contributed by atoms with E-state index in [1.807, 2.05) is 11.9 Å². The van der Waals surface area contributed by atoms with Crippen molar-refractivity contribution in [2.75, 3.05) is 44.9 Å². The fourth-order valence-electron chi connectivity index (χ4n) is 8.78. The van der Waals surface area contributed by atoms with Gasteiger partial charge in [-0.05, 0) is 6.42 Å². The van der Waals surface area contributed by atoms with Crippen molar-refractivity contribution in [3.8, 4) is 0 Å². The molecule has 14 N–H and O–H groups in total. The molecule has 0 radical (unpaired) electrons. The lowest BCUT2D eigenvalue weighted by molar-refractivity contribution is -0.745. The van der Waals surface area contributed by atoms with Crippen LogP contribution < -0.4 is 38.2 Å². The number of hydrogen-bond donors (Lipinski definition) is 12. The zero-order valence-corrected chi connectivity index (χ0v) is 44.8. The Bertz CT molecular complexity index is 3430. The number of rotatable bonds is 24. The van der Waals surface area contributed by atoms with Crippen LogP contribution in [0.15, 0.2) is 45.6 Å². The summed E-state index contributed by atoms with van der Waals surface area (Å²) in [5.41, 5.74) is 9.22. The number of H-pyrrole nitrogens is 2. The maximum absolute atomic E-state index is 13.6. The smallest absolute Gasteiger partial charge is 0.387 e. The summed E-state index contributed by atoms with van der Waals surface area (Å²) >= 11 is 0. The number of nitrogens with zero attached hydrogens (tertiary/aromatic N) is 8. The van der Waals surface area contributed by atoms with Gasteiger partial charge in [-0.25, -0.2) is 42.6 Å². The van der Waals surface area contributed by atoms with E-state index in [2.05, 4.69) is 38.9 Å². The van der Waals surface area contributed by atoms with Gasteiger partial charge in [0, 0.05) is 38.3 Å². The molecule has 0 spiro atoms. The van der Waals surface area contributed by atoms with Crippen molar-refractivity contribution in [2.24, 2.45) is 13.0 Å². The number of nitrogen functional groups attached to an aromatic ring is 2. The van der Waals surface area contributed by atoms with E-state index >= 15 is 0 Å². The number of aliphatic hydroxyl groups excluding tert-OH is 3. The summed E-state index contributed by atoms with van der Waals surface area (Å²) in [6.07, 6.45) is -12.4. The van der Waals surface area contributed by atoms with Crippen LogP contribution >= 0.6 is 31.3 Å². The monoisotopic (exact) mass is 1200 g/mol. The number of phosphoric ester groups is 3. The van der Waals surface area contributed by atoms with Crippen LogP contribution in [0.3, 0.4) is 0 Å². The molecular weight excluding hydrogens is 1150 g/mol. The lowest BCUT2D eigenvalue weighted by atomic mass is 9.98. The molecule has 38 nitrogen and oxygen atoms in total. The Morgan fingerprint density at radius 1 is 0.823 bits per heavy atom. The van der Waals surface area contributed by atoms with Crippen LogP contribution in [-0.4, -0.2) is 167 Å². The number of amides is 1. The van der Waals surface area contributed by atoms with Crippen LogP contribution in [0.4, 0.5) is 11.8 Å². The van der Waals surface area contributed by atoms with E-state index in [1.165, 1.54) is 27.1 Å². The highest BCUT2D eigenvalue weighted by Gasteiger charge is 2.54. The minimum absolute atomic E-state index is 0.000151. The molecular formula is C37H54N13O25P4+. The van der Waals surface area contributed by atoms with Gasteiger partial charge in [0.2, 0.25) is 17.7 Å². The molecule has 5 aromatic rings. The topological polar surface area (TPSA) is 536 Å². The Morgan fingerprint density at radius 2 is 1.48 bits per heavy atom. The van der Waals surface area contributed by atoms with Gasteiger partial charge in [0.05, 0.1) is 39.3 Å². The van der Waals surface area contributed by atoms with Gasteiger partial charge in [-0.15, -0.1) is 0 Å². The number of carbonyl (C=O) groups excluding carboxylic acids is 1. The zero-order chi connectivity index (χ0) is 57.5. The standard InChI is InChI=1S/C37H53N13O25P4/c1-4-5-6-20(51)40-9-16-17(70-33(24(16)53)50-15-47(2)23-31(50)45-36(39)46-32(23)56)10-68-77(60,61)74-79(64,65)75-78(62,63)69-12-19-27(28(66-3)35(72-19)49-14-43-22-29(38)41-13-42-30(22)49)73-76(58,59)67-11-18-25(54)26(55)34(71-18)48-8-7-21(52)44-37(48)57/h7-8,13-19,24-28,33-35,53-55H,4-6,9-12H2,1-3H3,(H10-,38,39,40,41,42,44,45,46,51,52,56,57,58,59,60,61,62,63,64,65)/p+1/t16-,17-,18-,19-,24-,25-,26-,27-,28-,33-,34-,35-/m1/s1. The molecule has 79 heavy (non-hydrogen) atoms. The first-order chi connectivity index (χ1) is 37.1. The Morgan fingerprint density at radius 3 is 2.15 bits per heavy atom. The van der Waals surface area contributed by atoms with Crippen molar-refractivity contribution >= 4 is 71.3 Å². The Labute approximate surface area is 441 Å². The predicted molar refractivity (Wildman–Crippen MR) is 258 cm³/mol. The molecule has 0 bridgehead atoms. The van der Waals surface area contributed by atoms with Crippen LogP contribution in [0.1, 0.15) is 44.9 Å². The van der Waals surface area contributed by atoms with E-state index in [4.69, 9.17) is 48.5 Å². The van der Waals surface area contributed by atoms with Gasteiger partial charge in [0.1, 0.15) is 54.6 Å². The molecule has 5 aromatic heterocycles. The summed E-state index contributed by atoms with van der Waals surface area (Å²) < 4.78 is 110. The van der Waals surface area contributed by atoms with Crippen LogP contribution in [0.25, 0.3) is 22.3 Å². The molecule has 0 saturated carbocycles. The number of aliphatic hydroxyl groups is 3. The number of imidazole rings is 2. The first-order valence-corrected chi connectivity index (χ1v) is 29.3. The lowest BCUT2D eigenvalue weighted by Crippen LogP contribution is -2.46. The summed E-state index contributed by atoms with van der Waals surface area (Å²) in [6, 6.07) is 0.922. The van der Waals surface area contributed by atoms with Gasteiger partial charge in [0.25, 0.3) is 17.1 Å². The van der Waals surface area contributed by atoms with Gasteiger partial charge in [-0.3, -0.25) is 56.1 Å². The van der Waals surface area contributed by atoms with E-state index in [1.54, 1.807) is 0 Å². The van der Waals surface area contributed by atoms with Crippen molar-refractivity contribution in [3.05, 3.63) is 62.4 Å². The molecule has 0 aliphatic carbocycles. The number of nitrogens with one attached hydrogen (secondary N) is 3. The summed E-state index contributed by atoms with van der Waals surface area (Å²) in [5, 5.41) is 35.5. The highest BCUT2D eigenvalue weighted by molar-refractivity contribution is 7.66. The van der Waals surface area contributed by atoms with Crippen LogP contribution in [0.2, 0.25) is 0 Å². The number of phosphoric acid groups is 4. The van der Waals surface area contributed by atoms with Crippen LogP contribution in [0, 0.1) is 5.92 Å². The molecule has 42 heteroatoms. The molecule has 3 aliphatic rings. The van der Waals surface area contributed by atoms with Crippen LogP contribution in [-0.2, 0) is 75.8 Å². The number of aromatic nitrogens is 10. The Balaban J connectivity index is 0.948. The molecule has 436 valence electrons. The summed E-state index contributed by atoms with van der Waals surface area (Å²) in [6.45, 7) is -1.79. The number of carbonyl (C=O) groups is 1. The maximum atomic E-state index is 13.6. The summed E-state index contributed by atoms with van der Waals surface area (Å²) in [7, 11) is -21.0. The summed E-state index contributed by atoms with van der Waals surface area (Å²) in [5.74, 6) is -1.97. The number of nitrogens with two attached hydrogens (primary N) is 2. The summed E-state index contributed by atoms with van der Waals surface area (Å²) in [4.78, 5) is 113. The van der Waals surface area contributed by atoms with Crippen molar-refractivity contribution in [3.63, 3.8) is 0 Å². The maximum Gasteiger partial charge on any atom is 0.490 e. The van der Waals surface area contributed by atoms with Gasteiger partial charge < -0.3 is 70.6 Å². The third kappa shape index (κ3) is 13.5. The molecule has 3 fully saturated rings. The van der Waals surface area contributed by atoms with Gasteiger partial charge >= 0.3 is 42.6 Å². The largest absolute Gasteiger partial charge is 0.490 e. The highest BCUT2D eigenvalue weighted by atomic mass is 31.3. The number of aryl methyl sites for hydroxylation is 1. The normalized spacial score (nSPS) is 29.3. The second-order valence-electron chi connectivity index (χ2n) is 17.8. The molecule has 8 rings (SSSR count). The zero-order valence-electron chi connectivity index (χ0n) is 41.3. The molecule has 3 aliphatic heterocycles. The van der Waals surface area contributed by atoms with Crippen molar-refractivity contribution in [1.82, 2.24) is 48.9 Å². The van der Waals surface area contributed by atoms with Crippen molar-refractivity contribution in [1.29, 1.82) is 0 Å². The van der Waals surface area contributed by atoms with E-state index in [0.717, 1.165) is 36.6 Å². The number of ether oxygens (including phenoxy) is 4. The Kier molecular flexibility index (Phi) is 18.1. The minimum atomic E-state index is -6.23. The molecule has 3 saturated heterocycles. The average Bonchev–Trinajstić information content (AvgIpc) is 4.38. The third-order valence-electron chi connectivity index (χ3n) is 12.4. The molecule has 16 atom stereocenters. The molecule has 8 heterocycles. The van der Waals surface area contributed by atoms with Crippen molar-refractivity contribution < 1.29 is 108 Å². The second-order valence-corrected chi connectivity index (χ2v) is 23.8. The van der Waals surface area contributed by atoms with Crippen molar-refractivity contribution in [2.45, 2.75) is 93.7 Å². The van der Waals surface area contributed by atoms with E-state index in [9.17, 15) is 72.3 Å². The number of methoxy groups -OCH3 is 1. The number of anilines is 2. The van der Waals surface area contributed by atoms with Gasteiger partial charge in [-0.1, -0.05) is 18.3 Å². The quantitative estimate of drug-likeness (QED) is 0.0213. The first-order valence-electron chi connectivity index (χ1n) is 23.3. The highest BCUT2D eigenvalue weighted by Crippen LogP contribution is 2.68. The predicted octanol–water partition coefficient (Wildman–Crippen LogP) is -3.31. The molecule has 0 aromatic carbocycles. The van der Waals surface area contributed by atoms with E-state index in [0.29, 0.717) is 12.8 Å². The second kappa shape index (κ2) is 23.8. The number of fused-ring (bicyclic) bond motifs is 2. The van der Waals surface area contributed by atoms with Gasteiger partial charge in [-0.2, -0.15) is 8.62 Å². The SMILES string of the molecule is CCCCC(=O)NC[C@H]1[C@@H](O)[C@H]([n+]2cn(C)c3c(=O)[nH]c(N)nc32)O[C@@H]1COP(=O)(O)OP(=O)(O)OP(=O)(O)OC[C@H]1O[C@@H](n2cnc3c(N)ncnc32)[C@H](OC)[C@@H]1OP(=O)(O)OC[C@H]1O[C@@H](n2ccc(=O)[nH]c2=O)[C@H](O)[C@@H]1O. The fourth-order valence-corrected chi connectivity index (χ4v) is 13.3.